The second-order valence-corrected chi connectivity index (χ2v) is 5.29. The third kappa shape index (κ3) is 3.00. The molecule has 3 nitrogen and oxygen atoms in total. The molecule has 1 saturated heterocycles. The number of morpholine rings is 1. The number of hydrogen-bond acceptors (Lipinski definition) is 3. The highest BCUT2D eigenvalue weighted by Gasteiger charge is 2.22. The Labute approximate surface area is 111 Å². The Bertz CT molecular complexity index is 382. The molecule has 1 aliphatic heterocycles. The first-order chi connectivity index (χ1) is 8.22. The molecule has 2 rings (SSSR count). The molecule has 1 unspecified atom stereocenters. The highest BCUT2D eigenvalue weighted by Crippen LogP contribution is 2.26. The van der Waals surface area contributed by atoms with Gasteiger partial charge in [0.2, 0.25) is 0 Å². The Morgan fingerprint density at radius 2 is 2.35 bits per heavy atom. The van der Waals surface area contributed by atoms with Crippen molar-refractivity contribution in [2.45, 2.75) is 19.4 Å². The number of aryl methyl sites for hydroxylation is 1. The molecule has 1 aliphatic rings. The Morgan fingerprint density at radius 3 is 3.06 bits per heavy atom. The van der Waals surface area contributed by atoms with Crippen molar-refractivity contribution in [1.82, 2.24) is 0 Å². The summed E-state index contributed by atoms with van der Waals surface area (Å²) in [7, 11) is 0. The van der Waals surface area contributed by atoms with Gasteiger partial charge in [-0.3, -0.25) is 0 Å². The summed E-state index contributed by atoms with van der Waals surface area (Å²) in [6, 6.07) is 6.91. The Balaban J connectivity index is 2.20. The molecular formula is C13H19BrN2O. The second kappa shape index (κ2) is 5.85. The number of ether oxygens (including phenoxy) is 1. The van der Waals surface area contributed by atoms with Gasteiger partial charge in [0.25, 0.3) is 0 Å². The Kier molecular flexibility index (Phi) is 4.42. The fraction of sp³-hybridized carbons (Fsp3) is 0.538. The molecule has 0 saturated carbocycles. The van der Waals surface area contributed by atoms with E-state index < -0.39 is 0 Å². The van der Waals surface area contributed by atoms with Crippen LogP contribution in [0.5, 0.6) is 0 Å². The maximum Gasteiger partial charge on any atom is 0.0671 e. The zero-order valence-corrected chi connectivity index (χ0v) is 11.7. The molecular weight excluding hydrogens is 280 g/mol. The van der Waals surface area contributed by atoms with E-state index in [1.54, 1.807) is 0 Å². The summed E-state index contributed by atoms with van der Waals surface area (Å²) in [6.07, 6.45) is 0.978. The first-order valence-electron chi connectivity index (χ1n) is 6.03. The lowest BCUT2D eigenvalue weighted by Gasteiger charge is -2.37. The number of rotatable bonds is 3. The molecule has 1 fully saturated rings. The number of benzene rings is 1. The molecule has 1 aromatic carbocycles. The van der Waals surface area contributed by atoms with E-state index in [0.29, 0.717) is 12.6 Å². The smallest absolute Gasteiger partial charge is 0.0671 e. The van der Waals surface area contributed by atoms with Crippen LogP contribution in [-0.2, 0) is 4.74 Å². The number of nitrogens with zero attached hydrogens (tertiary/aromatic N) is 1. The van der Waals surface area contributed by atoms with Gasteiger partial charge in [-0.15, -0.1) is 0 Å². The van der Waals surface area contributed by atoms with E-state index in [0.717, 1.165) is 30.7 Å². The summed E-state index contributed by atoms with van der Waals surface area (Å²) >= 11 is 3.59. The van der Waals surface area contributed by atoms with E-state index in [2.05, 4.69) is 46.0 Å². The first kappa shape index (κ1) is 12.9. The van der Waals surface area contributed by atoms with Crippen molar-refractivity contribution in [2.24, 2.45) is 5.73 Å². The van der Waals surface area contributed by atoms with E-state index in [1.165, 1.54) is 11.3 Å². The molecule has 0 aromatic heterocycles. The molecule has 2 N–H and O–H groups in total. The Morgan fingerprint density at radius 1 is 1.53 bits per heavy atom. The number of hydrogen-bond donors (Lipinski definition) is 1. The van der Waals surface area contributed by atoms with Gasteiger partial charge >= 0.3 is 0 Å². The third-order valence-electron chi connectivity index (χ3n) is 3.21. The van der Waals surface area contributed by atoms with Crippen LogP contribution in [0, 0.1) is 6.92 Å². The van der Waals surface area contributed by atoms with Gasteiger partial charge in [-0.1, -0.05) is 22.0 Å². The minimum Gasteiger partial charge on any atom is -0.377 e. The molecule has 0 spiro atoms. The standard InChI is InChI=1S/C13H19BrN2O/c1-10-2-3-11(8-13(10)14)16-6-7-17-9-12(16)4-5-15/h2-3,8,12H,4-7,9,15H2,1H3. The van der Waals surface area contributed by atoms with E-state index in [9.17, 15) is 0 Å². The van der Waals surface area contributed by atoms with Crippen LogP contribution in [0.3, 0.4) is 0 Å². The van der Waals surface area contributed by atoms with E-state index in [1.807, 2.05) is 0 Å². The van der Waals surface area contributed by atoms with Crippen molar-refractivity contribution in [2.75, 3.05) is 31.2 Å². The Hall–Kier alpha value is -0.580. The maximum atomic E-state index is 5.66. The molecule has 94 valence electrons. The summed E-state index contributed by atoms with van der Waals surface area (Å²) in [5.41, 5.74) is 8.18. The number of halogens is 1. The average molecular weight is 299 g/mol. The largest absolute Gasteiger partial charge is 0.377 e. The molecule has 1 atom stereocenters. The van der Waals surface area contributed by atoms with Crippen LogP contribution in [0.2, 0.25) is 0 Å². The quantitative estimate of drug-likeness (QED) is 0.931. The van der Waals surface area contributed by atoms with Crippen LogP contribution >= 0.6 is 15.9 Å². The lowest BCUT2D eigenvalue weighted by atomic mass is 10.1. The van der Waals surface area contributed by atoms with Gasteiger partial charge < -0.3 is 15.4 Å². The highest BCUT2D eigenvalue weighted by atomic mass is 79.9. The normalized spacial score (nSPS) is 20.6. The predicted octanol–water partition coefficient (Wildman–Crippen LogP) is 2.31. The van der Waals surface area contributed by atoms with Crippen molar-refractivity contribution >= 4 is 21.6 Å². The topological polar surface area (TPSA) is 38.5 Å². The van der Waals surface area contributed by atoms with Crippen molar-refractivity contribution in [3.05, 3.63) is 28.2 Å². The van der Waals surface area contributed by atoms with Gasteiger partial charge in [-0.25, -0.2) is 0 Å². The summed E-state index contributed by atoms with van der Waals surface area (Å²) in [4.78, 5) is 2.40. The molecule has 0 bridgehead atoms. The third-order valence-corrected chi connectivity index (χ3v) is 4.07. The van der Waals surface area contributed by atoms with Crippen LogP contribution in [0.4, 0.5) is 5.69 Å². The van der Waals surface area contributed by atoms with Gasteiger partial charge in [0.05, 0.1) is 19.3 Å². The number of nitrogens with two attached hydrogens (primary N) is 1. The van der Waals surface area contributed by atoms with Crippen LogP contribution in [0.25, 0.3) is 0 Å². The van der Waals surface area contributed by atoms with Gasteiger partial charge in [0, 0.05) is 16.7 Å². The fourth-order valence-corrected chi connectivity index (χ4v) is 2.55. The van der Waals surface area contributed by atoms with Crippen molar-refractivity contribution in [3.8, 4) is 0 Å². The SMILES string of the molecule is Cc1ccc(N2CCOCC2CCN)cc1Br. The van der Waals surface area contributed by atoms with Crippen molar-refractivity contribution in [1.29, 1.82) is 0 Å². The molecule has 0 radical (unpaired) electrons. The molecule has 4 heteroatoms. The lowest BCUT2D eigenvalue weighted by molar-refractivity contribution is 0.0922. The number of anilines is 1. The van der Waals surface area contributed by atoms with Crippen LogP contribution in [0.1, 0.15) is 12.0 Å². The van der Waals surface area contributed by atoms with Crippen molar-refractivity contribution < 1.29 is 4.74 Å². The molecule has 17 heavy (non-hydrogen) atoms. The van der Waals surface area contributed by atoms with E-state index in [-0.39, 0.29) is 0 Å². The molecule has 1 heterocycles. The second-order valence-electron chi connectivity index (χ2n) is 4.43. The predicted molar refractivity (Wildman–Crippen MR) is 74.5 cm³/mol. The van der Waals surface area contributed by atoms with Crippen LogP contribution in [-0.4, -0.2) is 32.3 Å². The van der Waals surface area contributed by atoms with E-state index >= 15 is 0 Å². The van der Waals surface area contributed by atoms with Crippen LogP contribution in [0.15, 0.2) is 22.7 Å². The fourth-order valence-electron chi connectivity index (χ4n) is 2.19. The first-order valence-corrected chi connectivity index (χ1v) is 6.82. The average Bonchev–Trinajstić information content (AvgIpc) is 2.34. The highest BCUT2D eigenvalue weighted by molar-refractivity contribution is 9.10. The van der Waals surface area contributed by atoms with Gasteiger partial charge in [0.1, 0.15) is 0 Å². The van der Waals surface area contributed by atoms with Gasteiger partial charge in [-0.2, -0.15) is 0 Å². The maximum absolute atomic E-state index is 5.66. The zero-order chi connectivity index (χ0) is 12.3. The summed E-state index contributed by atoms with van der Waals surface area (Å²) in [5.74, 6) is 0. The van der Waals surface area contributed by atoms with Crippen molar-refractivity contribution in [3.63, 3.8) is 0 Å². The van der Waals surface area contributed by atoms with Gasteiger partial charge in [-0.05, 0) is 37.6 Å². The summed E-state index contributed by atoms with van der Waals surface area (Å²) < 4.78 is 6.69. The summed E-state index contributed by atoms with van der Waals surface area (Å²) in [5, 5.41) is 0. The minimum absolute atomic E-state index is 0.406. The molecule has 0 amide bonds. The molecule has 0 aliphatic carbocycles. The zero-order valence-electron chi connectivity index (χ0n) is 10.2. The molecule has 1 aromatic rings. The monoisotopic (exact) mass is 298 g/mol. The minimum atomic E-state index is 0.406. The van der Waals surface area contributed by atoms with Gasteiger partial charge in [0.15, 0.2) is 0 Å². The lowest BCUT2D eigenvalue weighted by Crippen LogP contribution is -2.46. The summed E-state index contributed by atoms with van der Waals surface area (Å²) in [6.45, 7) is 5.33. The van der Waals surface area contributed by atoms with Crippen LogP contribution < -0.4 is 10.6 Å². The van der Waals surface area contributed by atoms with E-state index in [4.69, 9.17) is 10.5 Å².